The summed E-state index contributed by atoms with van der Waals surface area (Å²) in [5, 5.41) is 7.03. The smallest absolute Gasteiger partial charge is 0.191 e. The monoisotopic (exact) mass is 352 g/mol. The molecule has 3 rings (SSSR count). The van der Waals surface area contributed by atoms with Gasteiger partial charge >= 0.3 is 0 Å². The van der Waals surface area contributed by atoms with E-state index < -0.39 is 0 Å². The maximum atomic E-state index is 5.92. The number of nitrogens with one attached hydrogen (secondary N) is 2. The summed E-state index contributed by atoms with van der Waals surface area (Å²) in [6, 6.07) is 2.07. The van der Waals surface area contributed by atoms with Gasteiger partial charge in [-0.3, -0.25) is 9.89 Å². The van der Waals surface area contributed by atoms with Crippen LogP contribution in [0.25, 0.3) is 0 Å². The van der Waals surface area contributed by atoms with Crippen molar-refractivity contribution in [2.45, 2.75) is 76.6 Å². The topological polar surface area (TPSA) is 58.1 Å². The second-order valence-electron chi connectivity index (χ2n) is 7.65. The fourth-order valence-electron chi connectivity index (χ4n) is 3.94. The lowest BCUT2D eigenvalue weighted by molar-refractivity contribution is -0.0318. The summed E-state index contributed by atoms with van der Waals surface area (Å²) >= 11 is 0. The molecule has 3 aliphatic rings. The van der Waals surface area contributed by atoms with Gasteiger partial charge in [-0.15, -0.1) is 0 Å². The minimum atomic E-state index is 0.387. The number of aliphatic imine (C=N–C) groups is 1. The van der Waals surface area contributed by atoms with Crippen molar-refractivity contribution >= 4 is 5.96 Å². The molecule has 3 fully saturated rings. The van der Waals surface area contributed by atoms with Crippen LogP contribution in [-0.4, -0.2) is 74.5 Å². The zero-order chi connectivity index (χ0) is 17.5. The summed E-state index contributed by atoms with van der Waals surface area (Å²) in [5.41, 5.74) is 0. The van der Waals surface area contributed by atoms with E-state index in [1.165, 1.54) is 19.3 Å². The molecule has 1 aliphatic carbocycles. The first-order valence-electron chi connectivity index (χ1n) is 10.3. The average Bonchev–Trinajstić information content (AvgIpc) is 3.39. The standard InChI is InChI=1S/C19H36N4O2/c1-3-20-19(21-9-4-10-25-18-7-11-24-12-8-18)22-16-13-15(2)23(14-16)17-5-6-17/h15-18H,3-14H2,1-2H3,(H2,20,21,22). The van der Waals surface area contributed by atoms with E-state index in [-0.39, 0.29) is 0 Å². The molecule has 0 spiro atoms. The van der Waals surface area contributed by atoms with Crippen molar-refractivity contribution < 1.29 is 9.47 Å². The van der Waals surface area contributed by atoms with Crippen molar-refractivity contribution in [3.8, 4) is 0 Å². The molecule has 0 aromatic heterocycles. The summed E-state index contributed by atoms with van der Waals surface area (Å²) in [6.45, 7) is 9.83. The summed E-state index contributed by atoms with van der Waals surface area (Å²) < 4.78 is 11.3. The van der Waals surface area contributed by atoms with E-state index in [1.54, 1.807) is 0 Å². The van der Waals surface area contributed by atoms with Gasteiger partial charge in [-0.05, 0) is 52.4 Å². The third-order valence-electron chi connectivity index (χ3n) is 5.42. The maximum absolute atomic E-state index is 5.92. The highest BCUT2D eigenvalue weighted by Crippen LogP contribution is 2.33. The van der Waals surface area contributed by atoms with E-state index in [9.17, 15) is 0 Å². The van der Waals surface area contributed by atoms with Gasteiger partial charge in [0.15, 0.2) is 5.96 Å². The third kappa shape index (κ3) is 6.12. The van der Waals surface area contributed by atoms with Crippen molar-refractivity contribution in [1.82, 2.24) is 15.5 Å². The molecule has 2 saturated heterocycles. The Kier molecular flexibility index (Phi) is 7.37. The van der Waals surface area contributed by atoms with Gasteiger partial charge in [0.25, 0.3) is 0 Å². The highest BCUT2D eigenvalue weighted by Gasteiger charge is 2.38. The highest BCUT2D eigenvalue weighted by atomic mass is 16.5. The number of nitrogens with zero attached hydrogens (tertiary/aromatic N) is 2. The third-order valence-corrected chi connectivity index (χ3v) is 5.42. The van der Waals surface area contributed by atoms with Crippen LogP contribution in [0, 0.1) is 0 Å². The number of rotatable bonds is 8. The number of ether oxygens (including phenoxy) is 2. The van der Waals surface area contributed by atoms with Gasteiger partial charge in [0.05, 0.1) is 6.10 Å². The first-order valence-corrected chi connectivity index (χ1v) is 10.3. The first kappa shape index (κ1) is 18.9. The zero-order valence-corrected chi connectivity index (χ0v) is 16.0. The SMILES string of the molecule is CCNC(=NCCCOC1CCOCC1)NC1CC(C)N(C2CC2)C1. The predicted molar refractivity (Wildman–Crippen MR) is 101 cm³/mol. The lowest BCUT2D eigenvalue weighted by Crippen LogP contribution is -2.44. The molecule has 0 amide bonds. The Morgan fingerprint density at radius 2 is 2.04 bits per heavy atom. The Morgan fingerprint density at radius 3 is 2.76 bits per heavy atom. The summed E-state index contributed by atoms with van der Waals surface area (Å²) in [7, 11) is 0. The van der Waals surface area contributed by atoms with Crippen molar-refractivity contribution in [3.63, 3.8) is 0 Å². The molecule has 2 aliphatic heterocycles. The first-order chi connectivity index (χ1) is 12.3. The van der Waals surface area contributed by atoms with E-state index in [4.69, 9.17) is 14.5 Å². The van der Waals surface area contributed by atoms with Crippen molar-refractivity contribution in [2.75, 3.05) is 39.5 Å². The molecular weight excluding hydrogens is 316 g/mol. The molecular formula is C19H36N4O2. The molecule has 0 bridgehead atoms. The summed E-state index contributed by atoms with van der Waals surface area (Å²) in [5.74, 6) is 0.961. The van der Waals surface area contributed by atoms with Crippen LogP contribution >= 0.6 is 0 Å². The highest BCUT2D eigenvalue weighted by molar-refractivity contribution is 5.80. The van der Waals surface area contributed by atoms with E-state index in [0.717, 1.165) is 70.7 Å². The molecule has 6 nitrogen and oxygen atoms in total. The quantitative estimate of drug-likeness (QED) is 0.396. The van der Waals surface area contributed by atoms with Crippen molar-refractivity contribution in [2.24, 2.45) is 4.99 Å². The Hall–Kier alpha value is -0.850. The lowest BCUT2D eigenvalue weighted by Gasteiger charge is -2.22. The molecule has 1 saturated carbocycles. The second kappa shape index (κ2) is 9.74. The van der Waals surface area contributed by atoms with Crippen LogP contribution in [-0.2, 0) is 9.47 Å². The van der Waals surface area contributed by atoms with Gasteiger partial charge in [0.1, 0.15) is 0 Å². The molecule has 144 valence electrons. The zero-order valence-electron chi connectivity index (χ0n) is 16.0. The average molecular weight is 353 g/mol. The van der Waals surface area contributed by atoms with Gasteiger partial charge < -0.3 is 20.1 Å². The molecule has 2 N–H and O–H groups in total. The maximum Gasteiger partial charge on any atom is 0.191 e. The number of hydrogen-bond acceptors (Lipinski definition) is 4. The minimum Gasteiger partial charge on any atom is -0.381 e. The predicted octanol–water partition coefficient (Wildman–Crippen LogP) is 1.75. The van der Waals surface area contributed by atoms with Crippen LogP contribution in [0.15, 0.2) is 4.99 Å². The van der Waals surface area contributed by atoms with Gasteiger partial charge in [0, 0.05) is 57.6 Å². The van der Waals surface area contributed by atoms with E-state index in [2.05, 4.69) is 29.4 Å². The lowest BCUT2D eigenvalue weighted by atomic mass is 10.1. The molecule has 0 radical (unpaired) electrons. The van der Waals surface area contributed by atoms with Crippen LogP contribution in [0.4, 0.5) is 0 Å². The molecule has 2 heterocycles. The Balaban J connectivity index is 1.35. The second-order valence-corrected chi connectivity index (χ2v) is 7.65. The number of hydrogen-bond donors (Lipinski definition) is 2. The van der Waals surface area contributed by atoms with Crippen LogP contribution in [0.5, 0.6) is 0 Å². The summed E-state index contributed by atoms with van der Waals surface area (Å²) in [4.78, 5) is 7.41. The Bertz CT molecular complexity index is 422. The van der Waals surface area contributed by atoms with Crippen LogP contribution in [0.1, 0.15) is 52.4 Å². The number of likely N-dealkylation sites (tertiary alicyclic amines) is 1. The molecule has 2 atom stereocenters. The van der Waals surface area contributed by atoms with Crippen molar-refractivity contribution in [3.05, 3.63) is 0 Å². The molecule has 0 aromatic rings. The fraction of sp³-hybridized carbons (Fsp3) is 0.947. The van der Waals surface area contributed by atoms with Gasteiger partial charge in [-0.25, -0.2) is 0 Å². The fourth-order valence-corrected chi connectivity index (χ4v) is 3.94. The minimum absolute atomic E-state index is 0.387. The largest absolute Gasteiger partial charge is 0.381 e. The van der Waals surface area contributed by atoms with Crippen LogP contribution in [0.2, 0.25) is 0 Å². The normalized spacial score (nSPS) is 29.1. The van der Waals surface area contributed by atoms with Crippen molar-refractivity contribution in [1.29, 1.82) is 0 Å². The molecule has 6 heteroatoms. The van der Waals surface area contributed by atoms with Gasteiger partial charge in [-0.1, -0.05) is 0 Å². The van der Waals surface area contributed by atoms with Crippen LogP contribution in [0.3, 0.4) is 0 Å². The van der Waals surface area contributed by atoms with Crippen LogP contribution < -0.4 is 10.6 Å². The van der Waals surface area contributed by atoms with E-state index in [1.807, 2.05) is 0 Å². The molecule has 25 heavy (non-hydrogen) atoms. The molecule has 2 unspecified atom stereocenters. The Morgan fingerprint density at radius 1 is 1.24 bits per heavy atom. The van der Waals surface area contributed by atoms with Gasteiger partial charge in [-0.2, -0.15) is 0 Å². The van der Waals surface area contributed by atoms with E-state index in [0.29, 0.717) is 18.2 Å². The van der Waals surface area contributed by atoms with E-state index >= 15 is 0 Å². The number of guanidine groups is 1. The van der Waals surface area contributed by atoms with Gasteiger partial charge in [0.2, 0.25) is 0 Å². The summed E-state index contributed by atoms with van der Waals surface area (Å²) in [6.07, 6.45) is 7.42. The Labute approximate surface area is 152 Å². The molecule has 0 aromatic carbocycles.